The van der Waals surface area contributed by atoms with Crippen molar-refractivity contribution >= 4 is 15.6 Å². The average molecular weight is 658 g/mol. The highest BCUT2D eigenvalue weighted by atomic mass is 31.2. The lowest BCUT2D eigenvalue weighted by atomic mass is 9.87. The van der Waals surface area contributed by atoms with E-state index < -0.39 is 21.7 Å². The second kappa shape index (κ2) is 17.8. The van der Waals surface area contributed by atoms with Gasteiger partial charge in [-0.15, -0.1) is 0 Å². The summed E-state index contributed by atoms with van der Waals surface area (Å²) in [7, 11) is -8.82. The second-order valence-corrected chi connectivity index (χ2v) is 16.7. The van der Waals surface area contributed by atoms with Crippen LogP contribution in [0, 0.1) is 17.8 Å². The van der Waals surface area contributed by atoms with Gasteiger partial charge in [-0.3, -0.25) is 23.0 Å². The number of hydrogen-bond acceptors (Lipinski definition) is 10. The molecule has 0 aromatic carbocycles. The van der Waals surface area contributed by atoms with Crippen LogP contribution >= 0.6 is 15.6 Å². The molecular formula is C29H61N3O9P2. The Kier molecular flexibility index (Phi) is 16.3. The molecule has 1 saturated carbocycles. The van der Waals surface area contributed by atoms with Crippen molar-refractivity contribution in [3.63, 3.8) is 0 Å². The Morgan fingerprint density at radius 3 is 1.77 bits per heavy atom. The van der Waals surface area contributed by atoms with Crippen LogP contribution in [0.15, 0.2) is 0 Å². The summed E-state index contributed by atoms with van der Waals surface area (Å²) >= 11 is 0. The van der Waals surface area contributed by atoms with Crippen molar-refractivity contribution in [2.75, 3.05) is 33.0 Å². The largest absolute Gasteiger partial charge is 0.472 e. The van der Waals surface area contributed by atoms with Crippen LogP contribution in [0.2, 0.25) is 0 Å². The van der Waals surface area contributed by atoms with Crippen LogP contribution in [0.5, 0.6) is 0 Å². The highest BCUT2D eigenvalue weighted by Gasteiger charge is 2.39. The summed E-state index contributed by atoms with van der Waals surface area (Å²) in [6.07, 6.45) is 1.49. The minimum absolute atomic E-state index is 0.0321. The molecule has 1 aliphatic carbocycles. The van der Waals surface area contributed by atoms with Gasteiger partial charge in [-0.2, -0.15) is 0 Å². The van der Waals surface area contributed by atoms with Crippen LogP contribution < -0.4 is 10.6 Å². The molecule has 8 atom stereocenters. The van der Waals surface area contributed by atoms with Crippen LogP contribution in [-0.4, -0.2) is 96.1 Å². The molecule has 2 fully saturated rings. The molecule has 0 aromatic rings. The highest BCUT2D eigenvalue weighted by Crippen LogP contribution is 2.47. The van der Waals surface area contributed by atoms with Crippen molar-refractivity contribution < 1.29 is 41.7 Å². The molecule has 0 spiro atoms. The molecule has 0 amide bonds. The zero-order valence-corrected chi connectivity index (χ0v) is 29.9. The Labute approximate surface area is 260 Å². The number of ether oxygens (including phenoxy) is 1. The standard InChI is InChI=1S/C29H61N3O9P2/c1-19(2)29-13-25(30-20(3)4)11-24(29)15-37-42(33,34)39-17-28(41-23(9)10)18-40-43(35,36)38-16-27-12-26(31-21(5)6)14-32(27)22(7)8/h19-31H,11-18H2,1-10H3,(H,33,34)(H,35,36)/t24-,25+,26-,27+,28?,29?/m1/s1. The van der Waals surface area contributed by atoms with E-state index in [0.717, 1.165) is 25.8 Å². The summed E-state index contributed by atoms with van der Waals surface area (Å²) in [6.45, 7) is 20.8. The first-order valence-corrected chi connectivity index (χ1v) is 19.0. The molecule has 2 aliphatic rings. The van der Waals surface area contributed by atoms with Gasteiger partial charge >= 0.3 is 15.6 Å². The van der Waals surface area contributed by atoms with Crippen molar-refractivity contribution in [3.8, 4) is 0 Å². The van der Waals surface area contributed by atoms with E-state index in [0.29, 0.717) is 30.0 Å². The molecule has 0 aromatic heterocycles. The number of nitrogens with one attached hydrogen (secondary N) is 2. The SMILES string of the molecule is CC(C)N[C@@H]1CC(C(C)C)[C@@H](COP(=O)(O)OCC(COP(=O)(O)OC[C@@H]2C[C@@H](NC(C)C)CN2C(C)C)OC(C)C)C1. The van der Waals surface area contributed by atoms with Crippen LogP contribution in [-0.2, 0) is 32.0 Å². The first-order valence-electron chi connectivity index (χ1n) is 16.0. The highest BCUT2D eigenvalue weighted by molar-refractivity contribution is 7.47. The molecule has 256 valence electrons. The predicted molar refractivity (Wildman–Crippen MR) is 169 cm³/mol. The zero-order chi connectivity index (χ0) is 32.5. The smallest absolute Gasteiger partial charge is 0.371 e. The van der Waals surface area contributed by atoms with Gasteiger partial charge in [0, 0.05) is 42.8 Å². The normalized spacial score (nSPS) is 28.9. The molecular weight excluding hydrogens is 596 g/mol. The monoisotopic (exact) mass is 657 g/mol. The maximum Gasteiger partial charge on any atom is 0.472 e. The van der Waals surface area contributed by atoms with Crippen molar-refractivity contribution in [3.05, 3.63) is 0 Å². The fraction of sp³-hybridized carbons (Fsp3) is 1.00. The van der Waals surface area contributed by atoms with Gasteiger partial charge < -0.3 is 25.2 Å². The molecule has 1 aliphatic heterocycles. The number of likely N-dealkylation sites (tertiary alicyclic amines) is 1. The third-order valence-electron chi connectivity index (χ3n) is 8.06. The van der Waals surface area contributed by atoms with Crippen LogP contribution in [0.25, 0.3) is 0 Å². The predicted octanol–water partition coefficient (Wildman–Crippen LogP) is 4.95. The number of phosphoric acid groups is 2. The number of nitrogens with zero attached hydrogens (tertiary/aromatic N) is 1. The van der Waals surface area contributed by atoms with Crippen molar-refractivity contribution in [2.24, 2.45) is 17.8 Å². The fourth-order valence-electron chi connectivity index (χ4n) is 6.41. The lowest BCUT2D eigenvalue weighted by Gasteiger charge is -2.28. The zero-order valence-electron chi connectivity index (χ0n) is 28.1. The molecule has 0 radical (unpaired) electrons. The first-order chi connectivity index (χ1) is 19.9. The van der Waals surface area contributed by atoms with Gasteiger partial charge in [0.05, 0.1) is 32.5 Å². The number of phosphoric ester groups is 2. The molecule has 2 rings (SSSR count). The first kappa shape index (κ1) is 39.2. The minimum Gasteiger partial charge on any atom is -0.371 e. The van der Waals surface area contributed by atoms with Gasteiger partial charge in [-0.1, -0.05) is 41.5 Å². The van der Waals surface area contributed by atoms with Gasteiger partial charge in [0.15, 0.2) is 0 Å². The summed E-state index contributed by atoms with van der Waals surface area (Å²) in [5, 5.41) is 7.10. The molecule has 4 unspecified atom stereocenters. The maximum absolute atomic E-state index is 12.8. The molecule has 1 saturated heterocycles. The molecule has 0 bridgehead atoms. The number of rotatable bonds is 20. The van der Waals surface area contributed by atoms with Crippen molar-refractivity contribution in [1.29, 1.82) is 0 Å². The molecule has 4 N–H and O–H groups in total. The third-order valence-corrected chi connectivity index (χ3v) is 9.96. The van der Waals surface area contributed by atoms with E-state index >= 15 is 0 Å². The minimum atomic E-state index is -4.42. The number of hydrogen-bond donors (Lipinski definition) is 4. The van der Waals surface area contributed by atoms with Gasteiger partial charge in [0.25, 0.3) is 0 Å². The van der Waals surface area contributed by atoms with Crippen molar-refractivity contribution in [1.82, 2.24) is 15.5 Å². The van der Waals surface area contributed by atoms with E-state index in [1.807, 2.05) is 0 Å². The lowest BCUT2D eigenvalue weighted by Crippen LogP contribution is -2.40. The summed E-state index contributed by atoms with van der Waals surface area (Å²) < 4.78 is 52.7. The summed E-state index contributed by atoms with van der Waals surface area (Å²) in [6, 6.07) is 1.54. The Bertz CT molecular complexity index is 842. The van der Waals surface area contributed by atoms with Gasteiger partial charge in [0.2, 0.25) is 0 Å². The maximum atomic E-state index is 12.8. The summed E-state index contributed by atoms with van der Waals surface area (Å²) in [4.78, 5) is 23.1. The van der Waals surface area contributed by atoms with Gasteiger partial charge in [-0.25, -0.2) is 9.13 Å². The Morgan fingerprint density at radius 1 is 0.744 bits per heavy atom. The Morgan fingerprint density at radius 2 is 1.28 bits per heavy atom. The van der Waals surface area contributed by atoms with E-state index in [2.05, 4.69) is 70.9 Å². The van der Waals surface area contributed by atoms with E-state index in [1.54, 1.807) is 13.8 Å². The van der Waals surface area contributed by atoms with E-state index in [-0.39, 0.29) is 56.6 Å². The average Bonchev–Trinajstić information content (AvgIpc) is 3.46. The Balaban J connectivity index is 1.88. The van der Waals surface area contributed by atoms with Crippen LogP contribution in [0.3, 0.4) is 0 Å². The Hall–Kier alpha value is 0.0600. The topological polar surface area (TPSA) is 148 Å². The summed E-state index contributed by atoms with van der Waals surface area (Å²) in [5.74, 6) is 0.922. The van der Waals surface area contributed by atoms with Gasteiger partial charge in [0.1, 0.15) is 6.10 Å². The quantitative estimate of drug-likeness (QED) is 0.131. The van der Waals surface area contributed by atoms with E-state index in [9.17, 15) is 18.9 Å². The summed E-state index contributed by atoms with van der Waals surface area (Å²) in [5.41, 5.74) is 0. The fourth-order valence-corrected chi connectivity index (χ4v) is 8.01. The van der Waals surface area contributed by atoms with Gasteiger partial charge in [-0.05, 0) is 64.7 Å². The van der Waals surface area contributed by atoms with Crippen LogP contribution in [0.4, 0.5) is 0 Å². The third kappa shape index (κ3) is 14.6. The second-order valence-electron chi connectivity index (χ2n) is 13.8. The van der Waals surface area contributed by atoms with E-state index in [4.69, 9.17) is 22.8 Å². The molecule has 43 heavy (non-hydrogen) atoms. The molecule has 1 heterocycles. The van der Waals surface area contributed by atoms with E-state index in [1.165, 1.54) is 0 Å². The molecule has 12 nitrogen and oxygen atoms in total. The lowest BCUT2D eigenvalue weighted by molar-refractivity contribution is -0.0514. The van der Waals surface area contributed by atoms with Crippen LogP contribution in [0.1, 0.15) is 88.5 Å². The molecule has 14 heteroatoms. The van der Waals surface area contributed by atoms with Crippen molar-refractivity contribution in [2.45, 2.75) is 137 Å².